The summed E-state index contributed by atoms with van der Waals surface area (Å²) in [6.07, 6.45) is 1.11. The number of fused-ring (bicyclic) bond motifs is 1. The van der Waals surface area contributed by atoms with E-state index < -0.39 is 0 Å². The van der Waals surface area contributed by atoms with E-state index in [0.29, 0.717) is 5.92 Å². The van der Waals surface area contributed by atoms with Crippen molar-refractivity contribution >= 4 is 22.1 Å². The molecule has 1 aliphatic rings. The Morgan fingerprint density at radius 3 is 2.82 bits per heavy atom. The summed E-state index contributed by atoms with van der Waals surface area (Å²) in [4.78, 5) is 1.35. The summed E-state index contributed by atoms with van der Waals surface area (Å²) in [5.74, 6) is 1.60. The minimum atomic E-state index is -0.120. The van der Waals surface area contributed by atoms with Crippen molar-refractivity contribution in [1.82, 2.24) is 0 Å². The molecule has 3 aromatic rings. The smallest absolute Gasteiger partial charge is 0.152 e. The Labute approximate surface area is 134 Å². The van der Waals surface area contributed by atoms with Crippen LogP contribution in [0.3, 0.4) is 0 Å². The van der Waals surface area contributed by atoms with Crippen molar-refractivity contribution in [2.45, 2.75) is 12.0 Å². The van der Waals surface area contributed by atoms with Gasteiger partial charge in [-0.25, -0.2) is 0 Å². The van der Waals surface area contributed by atoms with E-state index in [1.165, 1.54) is 15.6 Å². The van der Waals surface area contributed by atoms with Gasteiger partial charge >= 0.3 is 0 Å². The number of hydrogen-bond acceptors (Lipinski definition) is 2. The van der Waals surface area contributed by atoms with Crippen LogP contribution in [0, 0.1) is 5.92 Å². The van der Waals surface area contributed by atoms with Crippen LogP contribution in [0.2, 0.25) is 0 Å². The predicted octanol–water partition coefficient (Wildman–Crippen LogP) is 3.39. The van der Waals surface area contributed by atoms with E-state index in [9.17, 15) is 0 Å². The average molecular weight is 310 g/mol. The quantitative estimate of drug-likeness (QED) is 0.768. The zero-order valence-corrected chi connectivity index (χ0v) is 13.5. The zero-order chi connectivity index (χ0) is 15.0. The highest BCUT2D eigenvalue weighted by molar-refractivity contribution is 7.10. The summed E-state index contributed by atoms with van der Waals surface area (Å²) in [7, 11) is 2.13. The van der Waals surface area contributed by atoms with E-state index in [4.69, 9.17) is 4.74 Å². The molecule has 1 aliphatic carbocycles. The minimum absolute atomic E-state index is 0.120. The fourth-order valence-electron chi connectivity index (χ4n) is 3.34. The third-order valence-electron chi connectivity index (χ3n) is 4.55. The van der Waals surface area contributed by atoms with Gasteiger partial charge < -0.3 is 10.1 Å². The van der Waals surface area contributed by atoms with Crippen molar-refractivity contribution in [2.24, 2.45) is 5.92 Å². The Bertz CT molecular complexity index is 778. The van der Waals surface area contributed by atoms with Crippen molar-refractivity contribution in [1.29, 1.82) is 0 Å². The van der Waals surface area contributed by atoms with Crippen molar-refractivity contribution in [2.75, 3.05) is 13.6 Å². The second-order valence-electron chi connectivity index (χ2n) is 5.99. The van der Waals surface area contributed by atoms with Crippen LogP contribution in [0.5, 0.6) is 5.75 Å². The Balaban J connectivity index is 1.73. The first-order valence-corrected chi connectivity index (χ1v) is 8.70. The van der Waals surface area contributed by atoms with Gasteiger partial charge in [0.05, 0.1) is 19.5 Å². The van der Waals surface area contributed by atoms with E-state index in [1.54, 1.807) is 0 Å². The Morgan fingerprint density at radius 1 is 1.14 bits per heavy atom. The van der Waals surface area contributed by atoms with E-state index in [2.05, 4.69) is 72.3 Å². The summed E-state index contributed by atoms with van der Waals surface area (Å²) < 4.78 is 6.63. The van der Waals surface area contributed by atoms with Gasteiger partial charge in [-0.3, -0.25) is 0 Å². The molecule has 2 aromatic carbocycles. The number of ether oxygens (including phenoxy) is 1. The van der Waals surface area contributed by atoms with Crippen LogP contribution >= 0.6 is 11.3 Å². The van der Waals surface area contributed by atoms with Gasteiger partial charge in [-0.05, 0) is 22.9 Å². The van der Waals surface area contributed by atoms with E-state index >= 15 is 0 Å². The molecule has 0 spiro atoms. The van der Waals surface area contributed by atoms with Crippen LogP contribution < -0.4 is 10.1 Å². The molecule has 2 N–H and O–H groups in total. The maximum absolute atomic E-state index is 6.63. The predicted molar refractivity (Wildman–Crippen MR) is 91.4 cm³/mol. The average Bonchev–Trinajstić information content (AvgIpc) is 2.99. The SMILES string of the molecule is C[NH2+]C[C@@H]1C[C@]1(Oc1cccc2ccccc12)c1cccs1. The maximum Gasteiger partial charge on any atom is 0.152 e. The summed E-state index contributed by atoms with van der Waals surface area (Å²) in [6.45, 7) is 1.11. The second-order valence-corrected chi connectivity index (χ2v) is 6.94. The zero-order valence-electron chi connectivity index (χ0n) is 12.7. The van der Waals surface area contributed by atoms with E-state index in [0.717, 1.165) is 18.7 Å². The molecule has 3 heteroatoms. The molecule has 0 amide bonds. The maximum atomic E-state index is 6.63. The Morgan fingerprint density at radius 2 is 2.00 bits per heavy atom. The standard InChI is InChI=1S/C19H19NOS/c1-20-13-15-12-19(15,18-10-5-11-22-18)21-17-9-4-7-14-6-2-3-8-16(14)17/h2-11,15,20H,12-13H2,1H3/p+1/t15-,19+/m0/s1. The van der Waals surface area contributed by atoms with Gasteiger partial charge in [0.2, 0.25) is 0 Å². The highest BCUT2D eigenvalue weighted by Crippen LogP contribution is 2.56. The van der Waals surface area contributed by atoms with Crippen LogP contribution in [0.25, 0.3) is 10.8 Å². The molecule has 1 aromatic heterocycles. The van der Waals surface area contributed by atoms with Crippen molar-refractivity contribution in [3.05, 3.63) is 64.9 Å². The monoisotopic (exact) mass is 310 g/mol. The molecule has 0 bridgehead atoms. The van der Waals surface area contributed by atoms with E-state index in [1.807, 2.05) is 11.3 Å². The molecule has 0 radical (unpaired) electrons. The highest BCUT2D eigenvalue weighted by atomic mass is 32.1. The van der Waals surface area contributed by atoms with Crippen LogP contribution in [-0.4, -0.2) is 13.6 Å². The van der Waals surface area contributed by atoms with Gasteiger partial charge in [0.25, 0.3) is 0 Å². The molecule has 0 saturated heterocycles. The third kappa shape index (κ3) is 2.21. The molecule has 0 aliphatic heterocycles. The van der Waals surface area contributed by atoms with Crippen LogP contribution in [-0.2, 0) is 5.60 Å². The van der Waals surface area contributed by atoms with Gasteiger partial charge in [0.1, 0.15) is 5.75 Å². The van der Waals surface area contributed by atoms with Gasteiger partial charge in [-0.1, -0.05) is 42.5 Å². The van der Waals surface area contributed by atoms with E-state index in [-0.39, 0.29) is 5.60 Å². The van der Waals surface area contributed by atoms with Crippen LogP contribution in [0.1, 0.15) is 11.3 Å². The van der Waals surface area contributed by atoms with Crippen molar-refractivity contribution < 1.29 is 10.1 Å². The molecule has 2 atom stereocenters. The fraction of sp³-hybridized carbons (Fsp3) is 0.263. The molecule has 4 rings (SSSR count). The van der Waals surface area contributed by atoms with Gasteiger partial charge in [0, 0.05) is 16.7 Å². The lowest BCUT2D eigenvalue weighted by molar-refractivity contribution is -0.630. The van der Waals surface area contributed by atoms with Gasteiger partial charge in [0.15, 0.2) is 5.60 Å². The van der Waals surface area contributed by atoms with Crippen molar-refractivity contribution in [3.8, 4) is 5.75 Å². The molecule has 1 fully saturated rings. The summed E-state index contributed by atoms with van der Waals surface area (Å²) in [6, 6.07) is 19.1. The lowest BCUT2D eigenvalue weighted by Gasteiger charge is -2.20. The largest absolute Gasteiger partial charge is 0.481 e. The molecule has 2 nitrogen and oxygen atoms in total. The van der Waals surface area contributed by atoms with Gasteiger partial charge in [-0.2, -0.15) is 0 Å². The number of quaternary nitrogens is 1. The number of nitrogens with two attached hydrogens (primary N) is 1. The normalized spacial score (nSPS) is 23.6. The lowest BCUT2D eigenvalue weighted by Crippen LogP contribution is -2.80. The lowest BCUT2D eigenvalue weighted by atomic mass is 10.1. The Hall–Kier alpha value is -1.84. The Kier molecular flexibility index (Phi) is 3.40. The topological polar surface area (TPSA) is 25.8 Å². The van der Waals surface area contributed by atoms with Crippen molar-refractivity contribution in [3.63, 3.8) is 0 Å². The first-order valence-electron chi connectivity index (χ1n) is 7.82. The number of rotatable bonds is 5. The molecule has 112 valence electrons. The first-order chi connectivity index (χ1) is 10.8. The number of thiophene rings is 1. The molecular weight excluding hydrogens is 290 g/mol. The summed E-state index contributed by atoms with van der Waals surface area (Å²) in [5.41, 5.74) is -0.120. The molecule has 0 unspecified atom stereocenters. The van der Waals surface area contributed by atoms with Crippen LogP contribution in [0.15, 0.2) is 60.0 Å². The van der Waals surface area contributed by atoms with Gasteiger partial charge in [-0.15, -0.1) is 11.3 Å². The fourth-order valence-corrected chi connectivity index (χ4v) is 4.29. The molecule has 1 heterocycles. The molecule has 22 heavy (non-hydrogen) atoms. The minimum Gasteiger partial charge on any atom is -0.481 e. The summed E-state index contributed by atoms with van der Waals surface area (Å²) in [5, 5.41) is 6.84. The highest BCUT2D eigenvalue weighted by Gasteiger charge is 2.60. The third-order valence-corrected chi connectivity index (χ3v) is 5.58. The van der Waals surface area contributed by atoms with Crippen LogP contribution in [0.4, 0.5) is 0 Å². The molecular formula is C19H20NOS+. The number of hydrogen-bond donors (Lipinski definition) is 1. The molecule has 1 saturated carbocycles. The second kappa shape index (κ2) is 5.41. The summed E-state index contributed by atoms with van der Waals surface area (Å²) >= 11 is 1.81. The number of benzene rings is 2. The first kappa shape index (κ1) is 13.8.